The van der Waals surface area contributed by atoms with Crippen molar-refractivity contribution < 1.29 is 14.3 Å². The molecular formula is C18H19ClN2O3. The molecule has 1 aliphatic carbocycles. The number of carbonyl (C=O) groups is 2. The summed E-state index contributed by atoms with van der Waals surface area (Å²) in [6.07, 6.45) is 4.64. The van der Waals surface area contributed by atoms with Gasteiger partial charge in [0.05, 0.1) is 6.07 Å². The number of nitrogens with one attached hydrogen (secondary N) is 1. The molecule has 0 spiro atoms. The van der Waals surface area contributed by atoms with Crippen LogP contribution in [0.25, 0.3) is 6.08 Å². The summed E-state index contributed by atoms with van der Waals surface area (Å²) in [6, 6.07) is 7.53. The molecule has 0 bridgehead atoms. The number of halogens is 1. The van der Waals surface area contributed by atoms with Crippen molar-refractivity contribution in [2.75, 3.05) is 6.61 Å². The van der Waals surface area contributed by atoms with E-state index >= 15 is 0 Å². The van der Waals surface area contributed by atoms with Crippen LogP contribution < -0.4 is 5.32 Å². The summed E-state index contributed by atoms with van der Waals surface area (Å²) >= 11 is 6.01. The second-order valence-electron chi connectivity index (χ2n) is 6.09. The fourth-order valence-electron chi connectivity index (χ4n) is 2.27. The first kappa shape index (κ1) is 18.0. The molecule has 2 rings (SSSR count). The quantitative estimate of drug-likeness (QED) is 0.634. The summed E-state index contributed by atoms with van der Waals surface area (Å²) in [5.74, 6) is -0.939. The zero-order valence-corrected chi connectivity index (χ0v) is 14.4. The lowest BCUT2D eigenvalue weighted by atomic mass is 9.98. The average molecular weight is 347 g/mol. The Hall–Kier alpha value is -2.32. The monoisotopic (exact) mass is 346 g/mol. The molecule has 0 aliphatic heterocycles. The van der Waals surface area contributed by atoms with Gasteiger partial charge in [0, 0.05) is 11.1 Å². The first-order chi connectivity index (χ1) is 11.3. The predicted octanol–water partition coefficient (Wildman–Crippen LogP) is 3.01. The lowest BCUT2D eigenvalue weighted by Crippen LogP contribution is -2.48. The van der Waals surface area contributed by atoms with Gasteiger partial charge in [-0.2, -0.15) is 5.26 Å². The van der Waals surface area contributed by atoms with Crippen LogP contribution >= 0.6 is 11.6 Å². The summed E-state index contributed by atoms with van der Waals surface area (Å²) in [5.41, 5.74) is 0.819. The fourth-order valence-corrected chi connectivity index (χ4v) is 2.46. The molecule has 126 valence electrons. The van der Waals surface area contributed by atoms with Gasteiger partial charge in [-0.05, 0) is 55.9 Å². The van der Waals surface area contributed by atoms with E-state index in [-0.39, 0.29) is 5.92 Å². The molecule has 1 aliphatic rings. The largest absolute Gasteiger partial charge is 0.452 e. The number of benzene rings is 1. The minimum atomic E-state index is -0.891. The molecule has 6 heteroatoms. The van der Waals surface area contributed by atoms with Crippen LogP contribution in [0.4, 0.5) is 0 Å². The highest BCUT2D eigenvalue weighted by Gasteiger charge is 2.43. The molecular weight excluding hydrogens is 328 g/mol. The molecule has 0 saturated heterocycles. The Labute approximate surface area is 146 Å². The highest BCUT2D eigenvalue weighted by Crippen LogP contribution is 2.39. The van der Waals surface area contributed by atoms with Gasteiger partial charge < -0.3 is 10.1 Å². The Kier molecular flexibility index (Phi) is 5.63. The predicted molar refractivity (Wildman–Crippen MR) is 91.1 cm³/mol. The number of esters is 1. The number of carbonyl (C=O) groups excluding carboxylic acids is 2. The van der Waals surface area contributed by atoms with E-state index in [2.05, 4.69) is 11.4 Å². The van der Waals surface area contributed by atoms with Crippen LogP contribution in [0.15, 0.2) is 24.3 Å². The van der Waals surface area contributed by atoms with E-state index in [1.54, 1.807) is 19.1 Å². The number of rotatable bonds is 6. The average Bonchev–Trinajstić information content (AvgIpc) is 3.39. The van der Waals surface area contributed by atoms with Crippen molar-refractivity contribution in [3.05, 3.63) is 40.4 Å². The lowest BCUT2D eigenvalue weighted by molar-refractivity contribution is -0.144. The molecule has 1 aromatic carbocycles. The molecule has 1 saturated carbocycles. The Balaban J connectivity index is 1.82. The Morgan fingerprint density at radius 1 is 1.50 bits per heavy atom. The number of aryl methyl sites for hydroxylation is 1. The van der Waals surface area contributed by atoms with Gasteiger partial charge in [-0.1, -0.05) is 23.7 Å². The standard InChI is InChI=1S/C18H19ClN2O3/c1-12-3-4-13(9-15(12)19)5-8-17(23)24-10-16(22)21-18(2,11-20)14-6-7-14/h3-5,8-9,14H,6-7,10H2,1-2H3,(H,21,22)/b8-5+/t18-/m0/s1. The van der Waals surface area contributed by atoms with Gasteiger partial charge in [0.2, 0.25) is 0 Å². The maximum atomic E-state index is 11.8. The van der Waals surface area contributed by atoms with Crippen LogP contribution in [0.5, 0.6) is 0 Å². The third-order valence-corrected chi connectivity index (χ3v) is 4.39. The van der Waals surface area contributed by atoms with Crippen molar-refractivity contribution in [3.63, 3.8) is 0 Å². The van der Waals surface area contributed by atoms with E-state index < -0.39 is 24.0 Å². The van der Waals surface area contributed by atoms with E-state index in [0.29, 0.717) is 5.02 Å². The summed E-state index contributed by atoms with van der Waals surface area (Å²) in [6.45, 7) is 3.16. The summed E-state index contributed by atoms with van der Waals surface area (Å²) in [5, 5.41) is 12.4. The van der Waals surface area contributed by atoms with Crippen LogP contribution in [-0.4, -0.2) is 24.0 Å². The molecule has 1 amide bonds. The summed E-state index contributed by atoms with van der Waals surface area (Å²) in [7, 11) is 0. The summed E-state index contributed by atoms with van der Waals surface area (Å²) < 4.78 is 4.89. The molecule has 0 unspecified atom stereocenters. The van der Waals surface area contributed by atoms with E-state index in [1.165, 1.54) is 6.08 Å². The van der Waals surface area contributed by atoms with Crippen molar-refractivity contribution in [1.29, 1.82) is 5.26 Å². The molecule has 0 heterocycles. The number of nitrogens with zero attached hydrogens (tertiary/aromatic N) is 1. The first-order valence-electron chi connectivity index (χ1n) is 7.67. The topological polar surface area (TPSA) is 79.2 Å². The van der Waals surface area contributed by atoms with Gasteiger partial charge in [-0.15, -0.1) is 0 Å². The zero-order chi connectivity index (χ0) is 17.7. The van der Waals surface area contributed by atoms with E-state index in [4.69, 9.17) is 16.3 Å². The normalized spacial score (nSPS) is 16.2. The van der Waals surface area contributed by atoms with E-state index in [1.807, 2.05) is 19.1 Å². The molecule has 1 aromatic rings. The van der Waals surface area contributed by atoms with Crippen LogP contribution in [0, 0.1) is 24.2 Å². The van der Waals surface area contributed by atoms with Crippen LogP contribution in [0.2, 0.25) is 5.02 Å². The van der Waals surface area contributed by atoms with Crippen molar-refractivity contribution in [2.24, 2.45) is 5.92 Å². The second kappa shape index (κ2) is 7.50. The molecule has 0 radical (unpaired) electrons. The van der Waals surface area contributed by atoms with Crippen molar-refractivity contribution in [2.45, 2.75) is 32.2 Å². The molecule has 5 nitrogen and oxygen atoms in total. The highest BCUT2D eigenvalue weighted by molar-refractivity contribution is 6.31. The number of hydrogen-bond donors (Lipinski definition) is 1. The smallest absolute Gasteiger partial charge is 0.331 e. The third kappa shape index (κ3) is 4.84. The zero-order valence-electron chi connectivity index (χ0n) is 13.6. The van der Waals surface area contributed by atoms with Gasteiger partial charge in [0.25, 0.3) is 5.91 Å². The van der Waals surface area contributed by atoms with Gasteiger partial charge >= 0.3 is 5.97 Å². The number of amides is 1. The van der Waals surface area contributed by atoms with Crippen LogP contribution in [-0.2, 0) is 14.3 Å². The molecule has 1 atom stereocenters. The van der Waals surface area contributed by atoms with Crippen molar-refractivity contribution in [1.82, 2.24) is 5.32 Å². The minimum absolute atomic E-state index is 0.174. The number of ether oxygens (including phenoxy) is 1. The minimum Gasteiger partial charge on any atom is -0.452 e. The Morgan fingerprint density at radius 3 is 2.79 bits per heavy atom. The van der Waals surface area contributed by atoms with Gasteiger partial charge in [0.1, 0.15) is 5.54 Å². The third-order valence-electron chi connectivity index (χ3n) is 3.98. The maximum absolute atomic E-state index is 11.8. The SMILES string of the molecule is Cc1ccc(/C=C/C(=O)OCC(=O)N[C@@](C)(C#N)C2CC2)cc1Cl. The van der Waals surface area contributed by atoms with Gasteiger partial charge in [-0.3, -0.25) is 4.79 Å². The molecule has 0 aromatic heterocycles. The Morgan fingerprint density at radius 2 is 2.21 bits per heavy atom. The maximum Gasteiger partial charge on any atom is 0.331 e. The van der Waals surface area contributed by atoms with Gasteiger partial charge in [-0.25, -0.2) is 4.79 Å². The van der Waals surface area contributed by atoms with Crippen LogP contribution in [0.3, 0.4) is 0 Å². The van der Waals surface area contributed by atoms with Crippen molar-refractivity contribution in [3.8, 4) is 6.07 Å². The lowest BCUT2D eigenvalue weighted by Gasteiger charge is -2.22. The second-order valence-corrected chi connectivity index (χ2v) is 6.49. The van der Waals surface area contributed by atoms with Crippen molar-refractivity contribution >= 4 is 29.6 Å². The molecule has 1 fully saturated rings. The number of hydrogen-bond acceptors (Lipinski definition) is 4. The van der Waals surface area contributed by atoms with Crippen LogP contribution in [0.1, 0.15) is 30.9 Å². The van der Waals surface area contributed by atoms with E-state index in [9.17, 15) is 14.9 Å². The summed E-state index contributed by atoms with van der Waals surface area (Å²) in [4.78, 5) is 23.5. The molecule has 1 N–H and O–H groups in total. The Bertz CT molecular complexity index is 719. The fraction of sp³-hybridized carbons (Fsp3) is 0.389. The highest BCUT2D eigenvalue weighted by atomic mass is 35.5. The number of nitriles is 1. The van der Waals surface area contributed by atoms with E-state index in [0.717, 1.165) is 24.0 Å². The first-order valence-corrected chi connectivity index (χ1v) is 8.05. The molecule has 24 heavy (non-hydrogen) atoms. The van der Waals surface area contributed by atoms with Gasteiger partial charge in [0.15, 0.2) is 6.61 Å².